The summed E-state index contributed by atoms with van der Waals surface area (Å²) >= 11 is 0. The molecule has 0 saturated carbocycles. The maximum Gasteiger partial charge on any atom is 0.191 e. The molecule has 25 heavy (non-hydrogen) atoms. The lowest BCUT2D eigenvalue weighted by molar-refractivity contribution is 0.354. The van der Waals surface area contributed by atoms with E-state index in [0.29, 0.717) is 12.3 Å². The number of halogens is 1. The topological polar surface area (TPSA) is 72.7 Å². The monoisotopic (exact) mass is 459 g/mol. The second-order valence-electron chi connectivity index (χ2n) is 5.08. The second-order valence-corrected chi connectivity index (χ2v) is 5.08. The zero-order chi connectivity index (χ0) is 17.2. The Kier molecular flexibility index (Phi) is 9.75. The highest BCUT2D eigenvalue weighted by Gasteiger charge is 2.04. The quantitative estimate of drug-likeness (QED) is 0.360. The van der Waals surface area contributed by atoms with E-state index in [1.807, 2.05) is 42.1 Å². The summed E-state index contributed by atoms with van der Waals surface area (Å²) in [7, 11) is 3.26. The fraction of sp³-hybridized carbons (Fsp3) is 0.412. The molecule has 1 aromatic heterocycles. The zero-order valence-corrected chi connectivity index (χ0v) is 17.2. The number of hydrogen-bond donors (Lipinski definition) is 2. The molecule has 7 nitrogen and oxygen atoms in total. The van der Waals surface area contributed by atoms with Crippen LogP contribution in [0.15, 0.2) is 41.7 Å². The normalized spacial score (nSPS) is 10.8. The number of benzene rings is 1. The highest BCUT2D eigenvalue weighted by molar-refractivity contribution is 14.0. The number of rotatable bonds is 8. The van der Waals surface area contributed by atoms with E-state index in [-0.39, 0.29) is 24.0 Å². The molecule has 0 radical (unpaired) electrons. The summed E-state index contributed by atoms with van der Waals surface area (Å²) in [6.45, 7) is 4.94. The summed E-state index contributed by atoms with van der Waals surface area (Å²) in [6.07, 6.45) is 3.71. The highest BCUT2D eigenvalue weighted by atomic mass is 127. The van der Waals surface area contributed by atoms with Crippen LogP contribution in [0.3, 0.4) is 0 Å². The third kappa shape index (κ3) is 6.81. The minimum atomic E-state index is 0. The van der Waals surface area contributed by atoms with E-state index in [0.717, 1.165) is 36.9 Å². The molecule has 8 heteroatoms. The molecule has 2 rings (SSSR count). The van der Waals surface area contributed by atoms with Gasteiger partial charge in [0, 0.05) is 25.5 Å². The van der Waals surface area contributed by atoms with Crippen LogP contribution in [0.2, 0.25) is 0 Å². The lowest BCUT2D eigenvalue weighted by Crippen LogP contribution is -2.38. The number of aliphatic imine (C=N–C) groups is 1. The standard InChI is InChI=1S/C17H25N5O2.HI/c1-4-18-17(19-9-11-22-10-5-8-21-22)20-13-14-6-7-15(23-2)16(12-14)24-3;/h5-8,10,12H,4,9,11,13H2,1-3H3,(H2,18,19,20);1H. The highest BCUT2D eigenvalue weighted by Crippen LogP contribution is 2.27. The van der Waals surface area contributed by atoms with Crippen molar-refractivity contribution in [3.05, 3.63) is 42.2 Å². The SMILES string of the molecule is CCNC(=NCc1ccc(OC)c(OC)c1)NCCn1cccn1.I. The first-order valence-electron chi connectivity index (χ1n) is 7.97. The molecule has 1 heterocycles. The van der Waals surface area contributed by atoms with Crippen LogP contribution >= 0.6 is 24.0 Å². The Morgan fingerprint density at radius 2 is 2.00 bits per heavy atom. The second kappa shape index (κ2) is 11.6. The third-order valence-electron chi connectivity index (χ3n) is 3.40. The molecule has 1 aromatic carbocycles. The molecule has 0 atom stereocenters. The van der Waals surface area contributed by atoms with Crippen molar-refractivity contribution in [3.63, 3.8) is 0 Å². The van der Waals surface area contributed by atoms with Gasteiger partial charge < -0.3 is 20.1 Å². The van der Waals surface area contributed by atoms with Crippen molar-refractivity contribution in [3.8, 4) is 11.5 Å². The molecule has 0 aliphatic carbocycles. The molecule has 0 bridgehead atoms. The van der Waals surface area contributed by atoms with Gasteiger partial charge in [0.1, 0.15) is 0 Å². The lowest BCUT2D eigenvalue weighted by atomic mass is 10.2. The average Bonchev–Trinajstić information content (AvgIpc) is 3.12. The summed E-state index contributed by atoms with van der Waals surface area (Å²) in [5.41, 5.74) is 1.05. The summed E-state index contributed by atoms with van der Waals surface area (Å²) < 4.78 is 12.5. The van der Waals surface area contributed by atoms with Gasteiger partial charge in [0.2, 0.25) is 0 Å². The summed E-state index contributed by atoms with van der Waals surface area (Å²) in [4.78, 5) is 4.60. The molecule has 0 amide bonds. The fourth-order valence-electron chi connectivity index (χ4n) is 2.21. The van der Waals surface area contributed by atoms with E-state index in [1.54, 1.807) is 20.4 Å². The van der Waals surface area contributed by atoms with Crippen LogP contribution in [0.1, 0.15) is 12.5 Å². The van der Waals surface area contributed by atoms with Gasteiger partial charge in [0.15, 0.2) is 17.5 Å². The van der Waals surface area contributed by atoms with Crippen LogP contribution in [0, 0.1) is 0 Å². The van der Waals surface area contributed by atoms with Crippen LogP contribution in [-0.4, -0.2) is 43.0 Å². The fourth-order valence-corrected chi connectivity index (χ4v) is 2.21. The Hall–Kier alpha value is -1.97. The van der Waals surface area contributed by atoms with Crippen LogP contribution in [0.5, 0.6) is 11.5 Å². The molecule has 2 N–H and O–H groups in total. The zero-order valence-electron chi connectivity index (χ0n) is 14.9. The molecule has 0 aliphatic heterocycles. The Morgan fingerprint density at radius 3 is 2.64 bits per heavy atom. The Labute approximate surface area is 165 Å². The average molecular weight is 459 g/mol. The van der Waals surface area contributed by atoms with Gasteiger partial charge in [0.05, 0.1) is 27.3 Å². The smallest absolute Gasteiger partial charge is 0.191 e. The van der Waals surface area contributed by atoms with Crippen LogP contribution in [-0.2, 0) is 13.1 Å². The number of methoxy groups -OCH3 is 2. The van der Waals surface area contributed by atoms with Crippen molar-refractivity contribution >= 4 is 29.9 Å². The molecule has 0 fully saturated rings. The first-order valence-corrected chi connectivity index (χ1v) is 7.97. The van der Waals surface area contributed by atoms with Gasteiger partial charge >= 0.3 is 0 Å². The summed E-state index contributed by atoms with van der Waals surface area (Å²) in [5.74, 6) is 2.20. The Balaban J connectivity index is 0.00000312. The van der Waals surface area contributed by atoms with Crippen LogP contribution in [0.25, 0.3) is 0 Å². The van der Waals surface area contributed by atoms with Gasteiger partial charge in [-0.2, -0.15) is 5.10 Å². The lowest BCUT2D eigenvalue weighted by Gasteiger charge is -2.12. The minimum Gasteiger partial charge on any atom is -0.493 e. The Morgan fingerprint density at radius 1 is 1.20 bits per heavy atom. The Bertz CT molecular complexity index is 646. The van der Waals surface area contributed by atoms with E-state index >= 15 is 0 Å². The van der Waals surface area contributed by atoms with Crippen molar-refractivity contribution in [2.45, 2.75) is 20.0 Å². The third-order valence-corrected chi connectivity index (χ3v) is 3.40. The number of ether oxygens (including phenoxy) is 2. The summed E-state index contributed by atoms with van der Waals surface area (Å²) in [5, 5.41) is 10.7. The molecule has 0 aliphatic rings. The first-order chi connectivity index (χ1) is 11.8. The number of nitrogens with zero attached hydrogens (tertiary/aromatic N) is 3. The van der Waals surface area contributed by atoms with E-state index in [2.05, 4.69) is 20.7 Å². The first kappa shape index (κ1) is 21.1. The summed E-state index contributed by atoms with van der Waals surface area (Å²) in [6, 6.07) is 7.73. The van der Waals surface area contributed by atoms with Crippen LogP contribution < -0.4 is 20.1 Å². The van der Waals surface area contributed by atoms with Crippen molar-refractivity contribution in [1.29, 1.82) is 0 Å². The number of hydrogen-bond acceptors (Lipinski definition) is 4. The van der Waals surface area contributed by atoms with E-state index in [4.69, 9.17) is 9.47 Å². The van der Waals surface area contributed by atoms with Crippen molar-refractivity contribution in [2.24, 2.45) is 4.99 Å². The molecular weight excluding hydrogens is 433 g/mol. The van der Waals surface area contributed by atoms with Gasteiger partial charge in [-0.25, -0.2) is 4.99 Å². The van der Waals surface area contributed by atoms with Crippen molar-refractivity contribution in [1.82, 2.24) is 20.4 Å². The predicted octanol–water partition coefficient (Wildman–Crippen LogP) is 2.27. The maximum atomic E-state index is 5.32. The molecule has 138 valence electrons. The van der Waals surface area contributed by atoms with Gasteiger partial charge in [-0.1, -0.05) is 6.07 Å². The molecular formula is C17H26IN5O2. The predicted molar refractivity (Wildman–Crippen MR) is 110 cm³/mol. The molecule has 0 unspecified atom stereocenters. The van der Waals surface area contributed by atoms with E-state index in [9.17, 15) is 0 Å². The van der Waals surface area contributed by atoms with Gasteiger partial charge in [-0.05, 0) is 30.7 Å². The van der Waals surface area contributed by atoms with Gasteiger partial charge in [0.25, 0.3) is 0 Å². The number of guanidine groups is 1. The maximum absolute atomic E-state index is 5.32. The van der Waals surface area contributed by atoms with E-state index < -0.39 is 0 Å². The minimum absolute atomic E-state index is 0. The number of aromatic nitrogens is 2. The molecule has 0 saturated heterocycles. The largest absolute Gasteiger partial charge is 0.493 e. The van der Waals surface area contributed by atoms with Crippen molar-refractivity contribution in [2.75, 3.05) is 27.3 Å². The van der Waals surface area contributed by atoms with Gasteiger partial charge in [-0.3, -0.25) is 4.68 Å². The van der Waals surface area contributed by atoms with Gasteiger partial charge in [-0.15, -0.1) is 24.0 Å². The molecule has 0 spiro atoms. The molecule has 2 aromatic rings. The van der Waals surface area contributed by atoms with E-state index in [1.165, 1.54) is 0 Å². The van der Waals surface area contributed by atoms with Crippen molar-refractivity contribution < 1.29 is 9.47 Å². The number of nitrogens with one attached hydrogen (secondary N) is 2. The van der Waals surface area contributed by atoms with Crippen LogP contribution in [0.4, 0.5) is 0 Å².